The molecule has 0 aliphatic heterocycles. The SMILES string of the molecule is FC(F)(F)c1ccn(-c2ccc(CBr)c(Br)c2)n1. The Morgan fingerprint density at radius 3 is 2.44 bits per heavy atom. The third-order valence-electron chi connectivity index (χ3n) is 2.32. The second kappa shape index (κ2) is 5.05. The Morgan fingerprint density at radius 2 is 1.94 bits per heavy atom. The fourth-order valence-electron chi connectivity index (χ4n) is 1.41. The van der Waals surface area contributed by atoms with Gasteiger partial charge in [0.05, 0.1) is 5.69 Å². The summed E-state index contributed by atoms with van der Waals surface area (Å²) in [5.74, 6) is 0. The lowest BCUT2D eigenvalue weighted by Gasteiger charge is -2.06. The molecule has 0 unspecified atom stereocenters. The molecule has 1 aromatic carbocycles. The van der Waals surface area contributed by atoms with Gasteiger partial charge < -0.3 is 0 Å². The molecule has 18 heavy (non-hydrogen) atoms. The minimum atomic E-state index is -4.42. The summed E-state index contributed by atoms with van der Waals surface area (Å²) in [6, 6.07) is 6.22. The molecule has 0 aliphatic carbocycles. The van der Waals surface area contributed by atoms with Crippen molar-refractivity contribution in [3.05, 3.63) is 46.2 Å². The molecule has 0 radical (unpaired) electrons. The van der Waals surface area contributed by atoms with Gasteiger partial charge in [0.2, 0.25) is 0 Å². The van der Waals surface area contributed by atoms with E-state index in [2.05, 4.69) is 37.0 Å². The van der Waals surface area contributed by atoms with Gasteiger partial charge in [0.15, 0.2) is 5.69 Å². The van der Waals surface area contributed by atoms with Crippen LogP contribution in [-0.4, -0.2) is 9.78 Å². The smallest absolute Gasteiger partial charge is 0.240 e. The van der Waals surface area contributed by atoms with E-state index in [0.717, 1.165) is 16.1 Å². The minimum Gasteiger partial charge on any atom is -0.240 e. The summed E-state index contributed by atoms with van der Waals surface area (Å²) >= 11 is 6.68. The summed E-state index contributed by atoms with van der Waals surface area (Å²) in [4.78, 5) is 0. The van der Waals surface area contributed by atoms with Crippen LogP contribution in [0.15, 0.2) is 34.9 Å². The zero-order chi connectivity index (χ0) is 13.3. The lowest BCUT2D eigenvalue weighted by molar-refractivity contribution is -0.141. The van der Waals surface area contributed by atoms with Crippen LogP contribution in [0.2, 0.25) is 0 Å². The molecular weight excluding hydrogens is 377 g/mol. The Kier molecular flexibility index (Phi) is 3.82. The predicted octanol–water partition coefficient (Wildman–Crippen LogP) is 4.55. The van der Waals surface area contributed by atoms with Crippen LogP contribution in [0.1, 0.15) is 11.3 Å². The van der Waals surface area contributed by atoms with Crippen molar-refractivity contribution in [1.29, 1.82) is 0 Å². The first-order valence-corrected chi connectivity index (χ1v) is 6.81. The Bertz CT molecular complexity index is 564. The van der Waals surface area contributed by atoms with Gasteiger partial charge in [-0.2, -0.15) is 18.3 Å². The third kappa shape index (κ3) is 2.77. The van der Waals surface area contributed by atoms with Crippen LogP contribution < -0.4 is 0 Å². The molecule has 0 atom stereocenters. The Labute approximate surface area is 118 Å². The van der Waals surface area contributed by atoms with Crippen LogP contribution in [0.4, 0.5) is 13.2 Å². The van der Waals surface area contributed by atoms with E-state index in [1.807, 2.05) is 6.07 Å². The minimum absolute atomic E-state index is 0.571. The summed E-state index contributed by atoms with van der Waals surface area (Å²) in [7, 11) is 0. The highest BCUT2D eigenvalue weighted by Crippen LogP contribution is 2.28. The van der Waals surface area contributed by atoms with Crippen molar-refractivity contribution in [2.75, 3.05) is 0 Å². The lowest BCUT2D eigenvalue weighted by Crippen LogP contribution is -2.07. The molecule has 1 aromatic heterocycles. The van der Waals surface area contributed by atoms with E-state index in [1.165, 1.54) is 10.9 Å². The number of hydrogen-bond acceptors (Lipinski definition) is 1. The monoisotopic (exact) mass is 382 g/mol. The number of alkyl halides is 4. The average Bonchev–Trinajstić information content (AvgIpc) is 2.77. The summed E-state index contributed by atoms with van der Waals surface area (Å²) in [5.41, 5.74) is 0.687. The van der Waals surface area contributed by atoms with Crippen molar-refractivity contribution in [2.45, 2.75) is 11.5 Å². The second-order valence-corrected chi connectivity index (χ2v) is 4.97. The van der Waals surface area contributed by atoms with E-state index in [4.69, 9.17) is 0 Å². The van der Waals surface area contributed by atoms with Crippen LogP contribution in [0.5, 0.6) is 0 Å². The first-order chi connectivity index (χ1) is 8.41. The van der Waals surface area contributed by atoms with Gasteiger partial charge in [0, 0.05) is 16.0 Å². The van der Waals surface area contributed by atoms with Gasteiger partial charge in [-0.15, -0.1) is 0 Å². The van der Waals surface area contributed by atoms with E-state index in [-0.39, 0.29) is 0 Å². The zero-order valence-corrected chi connectivity index (χ0v) is 12.1. The summed E-state index contributed by atoms with van der Waals surface area (Å²) in [6.07, 6.45) is -3.13. The Balaban J connectivity index is 2.38. The van der Waals surface area contributed by atoms with Crippen LogP contribution in [0.3, 0.4) is 0 Å². The summed E-state index contributed by atoms with van der Waals surface area (Å²) < 4.78 is 39.3. The molecule has 2 aromatic rings. The molecule has 1 heterocycles. The standard InChI is InChI=1S/C11H7Br2F3N2/c12-6-7-1-2-8(5-9(7)13)18-4-3-10(17-18)11(14,15)16/h1-5H,6H2. The zero-order valence-electron chi connectivity index (χ0n) is 8.88. The molecule has 0 fully saturated rings. The normalized spacial score (nSPS) is 11.8. The fraction of sp³-hybridized carbons (Fsp3) is 0.182. The van der Waals surface area contributed by atoms with E-state index in [0.29, 0.717) is 11.0 Å². The van der Waals surface area contributed by atoms with E-state index >= 15 is 0 Å². The van der Waals surface area contributed by atoms with Gasteiger partial charge in [-0.05, 0) is 23.8 Å². The molecule has 0 amide bonds. The Morgan fingerprint density at radius 1 is 1.22 bits per heavy atom. The van der Waals surface area contributed by atoms with Gasteiger partial charge in [-0.1, -0.05) is 37.9 Å². The van der Waals surface area contributed by atoms with Crippen molar-refractivity contribution in [2.24, 2.45) is 0 Å². The number of hydrogen-bond donors (Lipinski definition) is 0. The quantitative estimate of drug-likeness (QED) is 0.695. The van der Waals surface area contributed by atoms with Crippen LogP contribution >= 0.6 is 31.9 Å². The highest BCUT2D eigenvalue weighted by Gasteiger charge is 2.33. The molecule has 96 valence electrons. The molecule has 0 bridgehead atoms. The summed E-state index contributed by atoms with van der Waals surface area (Å²) in [5, 5.41) is 4.17. The molecule has 0 aliphatic rings. The molecule has 2 rings (SSSR count). The number of halogens is 5. The fourth-order valence-corrected chi connectivity index (χ4v) is 2.78. The highest BCUT2D eigenvalue weighted by molar-refractivity contribution is 9.10. The maximum absolute atomic E-state index is 12.4. The Hall–Kier alpha value is -0.820. The number of aromatic nitrogens is 2. The van der Waals surface area contributed by atoms with E-state index in [9.17, 15) is 13.2 Å². The van der Waals surface area contributed by atoms with Gasteiger partial charge in [0.1, 0.15) is 0 Å². The first-order valence-electron chi connectivity index (χ1n) is 4.89. The van der Waals surface area contributed by atoms with Gasteiger partial charge >= 0.3 is 6.18 Å². The predicted molar refractivity (Wildman–Crippen MR) is 68.9 cm³/mol. The first kappa shape index (κ1) is 13.6. The second-order valence-electron chi connectivity index (χ2n) is 3.55. The molecule has 0 saturated carbocycles. The molecule has 0 N–H and O–H groups in total. The lowest BCUT2D eigenvalue weighted by atomic mass is 10.2. The largest absolute Gasteiger partial charge is 0.435 e. The van der Waals surface area contributed by atoms with Crippen molar-refractivity contribution in [3.8, 4) is 5.69 Å². The number of nitrogens with zero attached hydrogens (tertiary/aromatic N) is 2. The summed E-state index contributed by atoms with van der Waals surface area (Å²) in [6.45, 7) is 0. The van der Waals surface area contributed by atoms with Crippen LogP contribution in [0.25, 0.3) is 5.69 Å². The maximum Gasteiger partial charge on any atom is 0.435 e. The topological polar surface area (TPSA) is 17.8 Å². The van der Waals surface area contributed by atoms with Gasteiger partial charge in [0.25, 0.3) is 0 Å². The molecule has 0 saturated heterocycles. The molecule has 2 nitrogen and oxygen atoms in total. The van der Waals surface area contributed by atoms with Crippen molar-refractivity contribution >= 4 is 31.9 Å². The molecule has 0 spiro atoms. The van der Waals surface area contributed by atoms with Crippen LogP contribution in [-0.2, 0) is 11.5 Å². The van der Waals surface area contributed by atoms with Crippen molar-refractivity contribution in [1.82, 2.24) is 9.78 Å². The third-order valence-corrected chi connectivity index (χ3v) is 3.67. The average molecular weight is 384 g/mol. The molecule has 7 heteroatoms. The number of benzene rings is 1. The van der Waals surface area contributed by atoms with Crippen LogP contribution in [0, 0.1) is 0 Å². The number of rotatable bonds is 2. The molecular formula is C11H7Br2F3N2. The van der Waals surface area contributed by atoms with E-state index in [1.54, 1.807) is 12.1 Å². The highest BCUT2D eigenvalue weighted by atomic mass is 79.9. The van der Waals surface area contributed by atoms with E-state index < -0.39 is 11.9 Å². The maximum atomic E-state index is 12.4. The van der Waals surface area contributed by atoms with Crippen molar-refractivity contribution in [3.63, 3.8) is 0 Å². The van der Waals surface area contributed by atoms with Gasteiger partial charge in [-0.3, -0.25) is 0 Å². The van der Waals surface area contributed by atoms with Gasteiger partial charge in [-0.25, -0.2) is 4.68 Å². The van der Waals surface area contributed by atoms with Crippen molar-refractivity contribution < 1.29 is 13.2 Å².